The number of aryl methyl sites for hydroxylation is 1. The first-order chi connectivity index (χ1) is 12.4. The Kier molecular flexibility index (Phi) is 5.03. The molecule has 0 aliphatic carbocycles. The number of fused-ring (bicyclic) bond motifs is 1. The molecule has 0 fully saturated rings. The maximum Gasteiger partial charge on any atom is 0.278 e. The number of benzene rings is 1. The van der Waals surface area contributed by atoms with Gasteiger partial charge in [-0.3, -0.25) is 9.36 Å². The molecule has 4 heteroatoms. The minimum absolute atomic E-state index is 0.0311. The first-order valence-electron chi connectivity index (χ1n) is 9.59. The lowest BCUT2D eigenvalue weighted by molar-refractivity contribution is 0.644. The fraction of sp³-hybridized carbons (Fsp3) is 0.455. The van der Waals surface area contributed by atoms with E-state index in [-0.39, 0.29) is 5.56 Å². The van der Waals surface area contributed by atoms with Crippen molar-refractivity contribution in [3.8, 4) is 11.4 Å². The molecule has 3 aromatic rings. The molecule has 0 bridgehead atoms. The van der Waals surface area contributed by atoms with Crippen LogP contribution in [-0.2, 0) is 7.05 Å². The van der Waals surface area contributed by atoms with Gasteiger partial charge in [0, 0.05) is 18.3 Å². The first kappa shape index (κ1) is 18.4. The normalized spacial score (nSPS) is 11.8. The van der Waals surface area contributed by atoms with Gasteiger partial charge in [0.15, 0.2) is 5.82 Å². The van der Waals surface area contributed by atoms with Crippen molar-refractivity contribution < 1.29 is 0 Å². The molecule has 0 aliphatic rings. The van der Waals surface area contributed by atoms with Gasteiger partial charge in [-0.2, -0.15) is 0 Å². The summed E-state index contributed by atoms with van der Waals surface area (Å²) in [7, 11) is 1.83. The van der Waals surface area contributed by atoms with Gasteiger partial charge >= 0.3 is 0 Å². The second-order valence-electron chi connectivity index (χ2n) is 7.44. The fourth-order valence-electron chi connectivity index (χ4n) is 3.89. The van der Waals surface area contributed by atoms with Gasteiger partial charge in [-0.05, 0) is 48.8 Å². The Labute approximate surface area is 155 Å². The highest BCUT2D eigenvalue weighted by molar-refractivity contribution is 5.64. The van der Waals surface area contributed by atoms with Crippen molar-refractivity contribution in [1.82, 2.24) is 14.2 Å². The molecule has 0 atom stereocenters. The zero-order chi connectivity index (χ0) is 19.0. The molecule has 2 aromatic heterocycles. The Hall–Kier alpha value is -2.36. The van der Waals surface area contributed by atoms with E-state index in [1.54, 1.807) is 4.57 Å². The summed E-state index contributed by atoms with van der Waals surface area (Å²) in [5.41, 5.74) is 5.14. The van der Waals surface area contributed by atoms with Crippen LogP contribution < -0.4 is 5.56 Å². The SMILES string of the molecule is CCC(CC)c1cc(C)n2nc(-c3ccccc3C(C)C)n(C)c(=O)c12. The third kappa shape index (κ3) is 2.87. The van der Waals surface area contributed by atoms with Crippen molar-refractivity contribution in [2.75, 3.05) is 0 Å². The summed E-state index contributed by atoms with van der Waals surface area (Å²) < 4.78 is 3.56. The van der Waals surface area contributed by atoms with Crippen molar-refractivity contribution in [3.05, 3.63) is 57.5 Å². The average molecular weight is 351 g/mol. The van der Waals surface area contributed by atoms with Crippen molar-refractivity contribution >= 4 is 5.52 Å². The van der Waals surface area contributed by atoms with Crippen LogP contribution in [0.4, 0.5) is 0 Å². The number of nitrogens with zero attached hydrogens (tertiary/aromatic N) is 3. The monoisotopic (exact) mass is 351 g/mol. The fourth-order valence-corrected chi connectivity index (χ4v) is 3.89. The second-order valence-corrected chi connectivity index (χ2v) is 7.44. The third-order valence-corrected chi connectivity index (χ3v) is 5.45. The van der Waals surface area contributed by atoms with Crippen molar-refractivity contribution in [1.29, 1.82) is 0 Å². The molecule has 0 radical (unpaired) electrons. The minimum Gasteiger partial charge on any atom is -0.293 e. The van der Waals surface area contributed by atoms with E-state index in [0.717, 1.165) is 41.0 Å². The predicted molar refractivity (Wildman–Crippen MR) is 108 cm³/mol. The van der Waals surface area contributed by atoms with Crippen molar-refractivity contribution in [2.24, 2.45) is 7.05 Å². The molecule has 4 nitrogen and oxygen atoms in total. The van der Waals surface area contributed by atoms with Gasteiger partial charge in [-0.25, -0.2) is 4.52 Å². The summed E-state index contributed by atoms with van der Waals surface area (Å²) >= 11 is 0. The molecule has 0 unspecified atom stereocenters. The zero-order valence-corrected chi connectivity index (χ0v) is 16.7. The molecule has 0 N–H and O–H groups in total. The van der Waals surface area contributed by atoms with Crippen molar-refractivity contribution in [2.45, 2.75) is 59.3 Å². The van der Waals surface area contributed by atoms with Crippen LogP contribution in [0.25, 0.3) is 16.9 Å². The summed E-state index contributed by atoms with van der Waals surface area (Å²) in [6.07, 6.45) is 2.05. The molecule has 2 heterocycles. The van der Waals surface area contributed by atoms with Gasteiger partial charge in [-0.1, -0.05) is 52.0 Å². The molecule has 0 saturated heterocycles. The number of hydrogen-bond acceptors (Lipinski definition) is 2. The van der Waals surface area contributed by atoms with Crippen LogP contribution in [0, 0.1) is 6.92 Å². The van der Waals surface area contributed by atoms with Crippen LogP contribution in [0.1, 0.15) is 69.2 Å². The van der Waals surface area contributed by atoms with E-state index in [1.807, 2.05) is 30.6 Å². The highest BCUT2D eigenvalue weighted by Crippen LogP contribution is 2.30. The largest absolute Gasteiger partial charge is 0.293 e. The van der Waals surface area contributed by atoms with Gasteiger partial charge in [0.05, 0.1) is 0 Å². The molecule has 0 amide bonds. The molecular formula is C22H29N3O. The van der Waals surface area contributed by atoms with Crippen LogP contribution in [0.2, 0.25) is 0 Å². The van der Waals surface area contributed by atoms with Gasteiger partial charge < -0.3 is 0 Å². The minimum atomic E-state index is 0.0311. The Morgan fingerprint density at radius 3 is 2.35 bits per heavy atom. The Balaban J connectivity index is 2.34. The molecule has 0 saturated carbocycles. The van der Waals surface area contributed by atoms with E-state index in [9.17, 15) is 4.79 Å². The van der Waals surface area contributed by atoms with Gasteiger partial charge in [0.25, 0.3) is 5.56 Å². The molecule has 1 aromatic carbocycles. The summed E-state index contributed by atoms with van der Waals surface area (Å²) in [6.45, 7) is 10.7. The van der Waals surface area contributed by atoms with Gasteiger partial charge in [0.2, 0.25) is 0 Å². The molecule has 0 aliphatic heterocycles. The summed E-state index contributed by atoms with van der Waals surface area (Å²) in [5, 5.41) is 4.90. The van der Waals surface area contributed by atoms with Crippen LogP contribution in [0.15, 0.2) is 35.1 Å². The topological polar surface area (TPSA) is 39.3 Å². The number of hydrogen-bond donors (Lipinski definition) is 0. The Morgan fingerprint density at radius 2 is 1.73 bits per heavy atom. The van der Waals surface area contributed by atoms with E-state index in [0.29, 0.717) is 11.8 Å². The van der Waals surface area contributed by atoms with Crippen LogP contribution in [0.5, 0.6) is 0 Å². The van der Waals surface area contributed by atoms with Gasteiger partial charge in [-0.15, -0.1) is 5.10 Å². The van der Waals surface area contributed by atoms with E-state index in [4.69, 9.17) is 5.10 Å². The van der Waals surface area contributed by atoms with E-state index >= 15 is 0 Å². The van der Waals surface area contributed by atoms with Crippen molar-refractivity contribution in [3.63, 3.8) is 0 Å². The van der Waals surface area contributed by atoms with Crippen LogP contribution in [-0.4, -0.2) is 14.2 Å². The summed E-state index contributed by atoms with van der Waals surface area (Å²) in [5.74, 6) is 1.48. The summed E-state index contributed by atoms with van der Waals surface area (Å²) in [4.78, 5) is 13.3. The average Bonchev–Trinajstić information content (AvgIpc) is 2.95. The quantitative estimate of drug-likeness (QED) is 0.646. The lowest BCUT2D eigenvalue weighted by atomic mass is 9.95. The first-order valence-corrected chi connectivity index (χ1v) is 9.59. The third-order valence-electron chi connectivity index (χ3n) is 5.45. The maximum absolute atomic E-state index is 13.3. The lowest BCUT2D eigenvalue weighted by Gasteiger charge is -2.16. The maximum atomic E-state index is 13.3. The standard InChI is InChI=1S/C22H29N3O/c1-7-16(8-2)19-13-15(5)25-20(19)22(26)24(6)21(23-25)18-12-10-9-11-17(18)14(3)4/h9-14,16H,7-8H2,1-6H3. The van der Waals surface area contributed by atoms with E-state index in [2.05, 4.69) is 45.9 Å². The molecule has 0 spiro atoms. The molecular weight excluding hydrogens is 322 g/mol. The van der Waals surface area contributed by atoms with E-state index < -0.39 is 0 Å². The smallest absolute Gasteiger partial charge is 0.278 e. The van der Waals surface area contributed by atoms with E-state index in [1.165, 1.54) is 5.56 Å². The number of rotatable bonds is 5. The molecule has 138 valence electrons. The summed E-state index contributed by atoms with van der Waals surface area (Å²) in [6, 6.07) is 10.4. The van der Waals surface area contributed by atoms with Gasteiger partial charge in [0.1, 0.15) is 5.52 Å². The second kappa shape index (κ2) is 7.10. The highest BCUT2D eigenvalue weighted by atomic mass is 16.1. The number of aromatic nitrogens is 3. The zero-order valence-electron chi connectivity index (χ0n) is 16.7. The van der Waals surface area contributed by atoms with Crippen LogP contribution in [0.3, 0.4) is 0 Å². The van der Waals surface area contributed by atoms with Crippen LogP contribution >= 0.6 is 0 Å². The highest BCUT2D eigenvalue weighted by Gasteiger charge is 2.21. The molecule has 3 rings (SSSR count). The Bertz CT molecular complexity index is 991. The predicted octanol–water partition coefficient (Wildman–Crippen LogP) is 5.04. The lowest BCUT2D eigenvalue weighted by Crippen LogP contribution is -2.24. The molecule has 26 heavy (non-hydrogen) atoms. The Morgan fingerprint density at radius 1 is 1.08 bits per heavy atom.